The first-order valence-corrected chi connectivity index (χ1v) is 14.4. The van der Waals surface area contributed by atoms with Gasteiger partial charge in [0.15, 0.2) is 0 Å². The predicted molar refractivity (Wildman–Crippen MR) is 162 cm³/mol. The Labute approximate surface area is 238 Å². The number of hydrogen-bond acceptors (Lipinski definition) is 5. The van der Waals surface area contributed by atoms with Crippen molar-refractivity contribution in [2.45, 2.75) is 51.7 Å². The number of anilines is 2. The summed E-state index contributed by atoms with van der Waals surface area (Å²) in [6.45, 7) is 6.65. The van der Waals surface area contributed by atoms with Gasteiger partial charge in [0.2, 0.25) is 5.91 Å². The van der Waals surface area contributed by atoms with Gasteiger partial charge in [0.25, 0.3) is 5.91 Å². The number of aliphatic hydroxyl groups excluding tert-OH is 1. The van der Waals surface area contributed by atoms with Crippen LogP contribution in [0.5, 0.6) is 0 Å². The molecule has 3 atom stereocenters. The van der Waals surface area contributed by atoms with Crippen LogP contribution in [0.1, 0.15) is 48.2 Å². The summed E-state index contributed by atoms with van der Waals surface area (Å²) >= 11 is 0. The van der Waals surface area contributed by atoms with Gasteiger partial charge in [0.1, 0.15) is 0 Å². The number of amides is 2. The second kappa shape index (κ2) is 14.6. The maximum Gasteiger partial charge on any atom is 0.251 e. The average molecular weight is 543 g/mol. The molecule has 1 heterocycles. The predicted octanol–water partition coefficient (Wildman–Crippen LogP) is 4.42. The topological polar surface area (TPSA) is 93.7 Å². The number of nitrogens with one attached hydrogen (secondary N) is 3. The van der Waals surface area contributed by atoms with Crippen LogP contribution in [-0.4, -0.2) is 55.2 Å². The van der Waals surface area contributed by atoms with E-state index in [9.17, 15) is 14.7 Å². The molecule has 0 aliphatic carbocycles. The molecule has 0 bridgehead atoms. The highest BCUT2D eigenvalue weighted by atomic mass is 16.3. The molecule has 212 valence electrons. The van der Waals surface area contributed by atoms with Crippen molar-refractivity contribution >= 4 is 23.2 Å². The van der Waals surface area contributed by atoms with Crippen molar-refractivity contribution in [3.63, 3.8) is 0 Å². The molecular weight excluding hydrogens is 500 g/mol. The van der Waals surface area contributed by atoms with Gasteiger partial charge in [-0.1, -0.05) is 67.6 Å². The van der Waals surface area contributed by atoms with Crippen LogP contribution in [0.3, 0.4) is 0 Å². The van der Waals surface area contributed by atoms with E-state index in [0.29, 0.717) is 44.0 Å². The Bertz CT molecular complexity index is 1230. The Hall–Kier alpha value is -3.68. The van der Waals surface area contributed by atoms with Crippen molar-refractivity contribution in [1.82, 2.24) is 10.6 Å². The van der Waals surface area contributed by atoms with Gasteiger partial charge in [-0.25, -0.2) is 0 Å². The molecule has 1 aliphatic rings. The lowest BCUT2D eigenvalue weighted by Crippen LogP contribution is -2.49. The molecule has 0 aromatic heterocycles. The molecule has 7 heteroatoms. The first kappa shape index (κ1) is 29.3. The maximum absolute atomic E-state index is 13.6. The zero-order chi connectivity index (χ0) is 28.3. The molecule has 0 spiro atoms. The van der Waals surface area contributed by atoms with E-state index in [1.807, 2.05) is 49.4 Å². The lowest BCUT2D eigenvalue weighted by Gasteiger charge is -2.26. The van der Waals surface area contributed by atoms with E-state index in [2.05, 4.69) is 47.1 Å². The quantitative estimate of drug-likeness (QED) is 0.242. The van der Waals surface area contributed by atoms with Crippen molar-refractivity contribution < 1.29 is 14.7 Å². The smallest absolute Gasteiger partial charge is 0.251 e. The third kappa shape index (κ3) is 8.41. The Balaban J connectivity index is 1.45. The molecule has 1 saturated heterocycles. The van der Waals surface area contributed by atoms with Crippen LogP contribution in [0.2, 0.25) is 0 Å². The molecule has 1 aliphatic heterocycles. The molecule has 3 aromatic rings. The second-order valence-electron chi connectivity index (χ2n) is 10.7. The number of carbonyl (C=O) groups is 2. The summed E-state index contributed by atoms with van der Waals surface area (Å²) in [4.78, 5) is 27.7. The minimum atomic E-state index is -0.787. The number of benzene rings is 3. The zero-order valence-corrected chi connectivity index (χ0v) is 23.6. The standard InChI is InChI=1S/C33H42N4O3/c1-3-35-28-19-27(20-29(21-28)37-16-10-15-32(37)39)33(40)36-30(18-26-13-8-5-9-14-26)31(38)23-34-22-24(2)17-25-11-6-4-7-12-25/h4-9,11-14,19-21,24,30-31,34-35,38H,3,10,15-18,22-23H2,1-2H3,(H,36,40)/t24?,30-,31+/m0/s1. The van der Waals surface area contributed by atoms with Gasteiger partial charge in [-0.3, -0.25) is 9.59 Å². The molecule has 40 heavy (non-hydrogen) atoms. The monoisotopic (exact) mass is 542 g/mol. The van der Waals surface area contributed by atoms with Gasteiger partial charge in [-0.05, 0) is 68.0 Å². The number of hydrogen-bond donors (Lipinski definition) is 4. The van der Waals surface area contributed by atoms with Gasteiger partial charge >= 0.3 is 0 Å². The molecule has 4 N–H and O–H groups in total. The summed E-state index contributed by atoms with van der Waals surface area (Å²) in [6, 6.07) is 25.3. The lowest BCUT2D eigenvalue weighted by atomic mass is 9.99. The summed E-state index contributed by atoms with van der Waals surface area (Å²) in [7, 11) is 0. The fourth-order valence-electron chi connectivity index (χ4n) is 5.24. The summed E-state index contributed by atoms with van der Waals surface area (Å²) in [5, 5.41) is 21.0. The van der Waals surface area contributed by atoms with Crippen molar-refractivity contribution in [2.24, 2.45) is 5.92 Å². The maximum atomic E-state index is 13.6. The van der Waals surface area contributed by atoms with Crippen LogP contribution in [0.25, 0.3) is 0 Å². The van der Waals surface area contributed by atoms with E-state index in [1.165, 1.54) is 5.56 Å². The van der Waals surface area contributed by atoms with Crippen molar-refractivity contribution in [3.8, 4) is 0 Å². The van der Waals surface area contributed by atoms with Crippen LogP contribution in [0, 0.1) is 5.92 Å². The molecule has 3 aromatic carbocycles. The lowest BCUT2D eigenvalue weighted by molar-refractivity contribution is -0.117. The molecule has 2 amide bonds. The summed E-state index contributed by atoms with van der Waals surface area (Å²) < 4.78 is 0. The molecule has 1 unspecified atom stereocenters. The summed E-state index contributed by atoms with van der Waals surface area (Å²) in [5.41, 5.74) is 4.30. The first-order valence-electron chi connectivity index (χ1n) is 14.4. The molecule has 4 rings (SSSR count). The molecule has 7 nitrogen and oxygen atoms in total. The molecule has 0 radical (unpaired) electrons. The SMILES string of the molecule is CCNc1cc(C(=O)N[C@@H](Cc2ccccc2)[C@H](O)CNCC(C)Cc2ccccc2)cc(N2CCCC2=O)c1. The van der Waals surface area contributed by atoms with Gasteiger partial charge in [0, 0.05) is 43.0 Å². The molecule has 1 fully saturated rings. The molecular formula is C33H42N4O3. The van der Waals surface area contributed by atoms with Gasteiger partial charge < -0.3 is 26.0 Å². The van der Waals surface area contributed by atoms with Gasteiger partial charge in [-0.2, -0.15) is 0 Å². The summed E-state index contributed by atoms with van der Waals surface area (Å²) in [6.07, 6.45) is 2.01. The zero-order valence-electron chi connectivity index (χ0n) is 23.6. The number of rotatable bonds is 14. The minimum Gasteiger partial charge on any atom is -0.390 e. The Kier molecular flexibility index (Phi) is 10.7. The van der Waals surface area contributed by atoms with Crippen molar-refractivity contribution in [3.05, 3.63) is 95.6 Å². The average Bonchev–Trinajstić information content (AvgIpc) is 3.39. The van der Waals surface area contributed by atoms with Crippen molar-refractivity contribution in [1.29, 1.82) is 0 Å². The van der Waals surface area contributed by atoms with E-state index in [-0.39, 0.29) is 11.8 Å². The number of aliphatic hydroxyl groups is 1. The molecule has 0 saturated carbocycles. The highest BCUT2D eigenvalue weighted by molar-refractivity contribution is 6.00. The highest BCUT2D eigenvalue weighted by Gasteiger charge is 2.26. The third-order valence-electron chi connectivity index (χ3n) is 7.30. The van der Waals surface area contributed by atoms with Gasteiger partial charge in [0.05, 0.1) is 12.1 Å². The van der Waals surface area contributed by atoms with E-state index in [4.69, 9.17) is 0 Å². The van der Waals surface area contributed by atoms with Crippen LogP contribution < -0.4 is 20.9 Å². The van der Waals surface area contributed by atoms with Crippen LogP contribution in [-0.2, 0) is 17.6 Å². The van der Waals surface area contributed by atoms with E-state index in [0.717, 1.165) is 36.3 Å². The fourth-order valence-corrected chi connectivity index (χ4v) is 5.24. The fraction of sp³-hybridized carbons (Fsp3) is 0.394. The highest BCUT2D eigenvalue weighted by Crippen LogP contribution is 2.27. The Morgan fingerprint density at radius 1 is 0.950 bits per heavy atom. The van der Waals surface area contributed by atoms with Crippen molar-refractivity contribution in [2.75, 3.05) is 36.4 Å². The van der Waals surface area contributed by atoms with E-state index >= 15 is 0 Å². The van der Waals surface area contributed by atoms with Crippen LogP contribution in [0.4, 0.5) is 11.4 Å². The minimum absolute atomic E-state index is 0.0740. The Morgan fingerprint density at radius 2 is 1.62 bits per heavy atom. The van der Waals surface area contributed by atoms with E-state index < -0.39 is 12.1 Å². The third-order valence-corrected chi connectivity index (χ3v) is 7.30. The Morgan fingerprint density at radius 3 is 2.25 bits per heavy atom. The van der Waals surface area contributed by atoms with Crippen LogP contribution >= 0.6 is 0 Å². The van der Waals surface area contributed by atoms with E-state index in [1.54, 1.807) is 17.0 Å². The van der Waals surface area contributed by atoms with Crippen LogP contribution in [0.15, 0.2) is 78.9 Å². The second-order valence-corrected chi connectivity index (χ2v) is 10.7. The number of nitrogens with zero attached hydrogens (tertiary/aromatic N) is 1. The first-order chi connectivity index (χ1) is 19.4. The number of carbonyl (C=O) groups excluding carboxylic acids is 2. The normalized spacial score (nSPS) is 15.5. The van der Waals surface area contributed by atoms with Gasteiger partial charge in [-0.15, -0.1) is 0 Å². The summed E-state index contributed by atoms with van der Waals surface area (Å²) in [5.74, 6) is 0.201. The largest absolute Gasteiger partial charge is 0.390 e.